The molecule has 0 fully saturated rings. The van der Waals surface area contributed by atoms with E-state index in [-0.39, 0.29) is 6.54 Å². The number of benzene rings is 1. The molecule has 1 aromatic carbocycles. The number of carboxylic acid groups (broad SMARTS) is 1. The number of nitrogens with zero attached hydrogens (tertiary/aromatic N) is 1. The van der Waals surface area contributed by atoms with Crippen LogP contribution >= 0.6 is 0 Å². The predicted octanol–water partition coefficient (Wildman–Crippen LogP) is 0.815. The number of amides is 1. The van der Waals surface area contributed by atoms with Crippen LogP contribution in [0.2, 0.25) is 0 Å². The Hall–Kier alpha value is -2.61. The van der Waals surface area contributed by atoms with Gasteiger partial charge in [0.1, 0.15) is 0 Å². The van der Waals surface area contributed by atoms with Gasteiger partial charge in [0.25, 0.3) is 0 Å². The Morgan fingerprint density at radius 3 is 2.47 bits per heavy atom. The van der Waals surface area contributed by atoms with Gasteiger partial charge in [-0.05, 0) is 17.7 Å². The van der Waals surface area contributed by atoms with Crippen LogP contribution in [0.4, 0.5) is 0 Å². The molecule has 5 heteroatoms. The molecule has 0 unspecified atom stereocenters. The van der Waals surface area contributed by atoms with E-state index < -0.39 is 11.9 Å². The molecule has 1 amide bonds. The van der Waals surface area contributed by atoms with E-state index in [1.807, 2.05) is 6.07 Å². The van der Waals surface area contributed by atoms with E-state index in [4.69, 9.17) is 10.4 Å². The minimum Gasteiger partial charge on any atom is -0.478 e. The summed E-state index contributed by atoms with van der Waals surface area (Å²) < 4.78 is 0. The lowest BCUT2D eigenvalue weighted by molar-refractivity contribution is -0.131. The maximum Gasteiger partial charge on any atom is 0.328 e. The van der Waals surface area contributed by atoms with Crippen molar-refractivity contribution in [1.29, 1.82) is 5.26 Å². The Bertz CT molecular complexity index is 483. The molecule has 0 saturated heterocycles. The van der Waals surface area contributed by atoms with E-state index >= 15 is 0 Å². The van der Waals surface area contributed by atoms with Gasteiger partial charge in [-0.25, -0.2) is 4.79 Å². The largest absolute Gasteiger partial charge is 0.478 e. The molecule has 0 saturated carbocycles. The molecular formula is C12H10N2O3. The molecule has 0 bridgehead atoms. The van der Waals surface area contributed by atoms with Gasteiger partial charge in [-0.2, -0.15) is 5.26 Å². The molecule has 0 heterocycles. The molecule has 0 radical (unpaired) electrons. The Labute approximate surface area is 98.0 Å². The van der Waals surface area contributed by atoms with Crippen molar-refractivity contribution >= 4 is 11.9 Å². The van der Waals surface area contributed by atoms with Crippen molar-refractivity contribution in [2.24, 2.45) is 0 Å². The highest BCUT2D eigenvalue weighted by Gasteiger charge is 1.98. The summed E-state index contributed by atoms with van der Waals surface area (Å²) in [6.45, 7) is 0.286. The predicted molar refractivity (Wildman–Crippen MR) is 59.8 cm³/mol. The Balaban J connectivity index is 2.48. The average Bonchev–Trinajstić information content (AvgIpc) is 2.34. The van der Waals surface area contributed by atoms with Crippen LogP contribution in [0.3, 0.4) is 0 Å². The number of carbonyl (C=O) groups is 2. The molecule has 0 aliphatic heterocycles. The molecule has 0 aromatic heterocycles. The van der Waals surface area contributed by atoms with Gasteiger partial charge in [-0.1, -0.05) is 12.1 Å². The highest BCUT2D eigenvalue weighted by atomic mass is 16.4. The topological polar surface area (TPSA) is 90.2 Å². The smallest absolute Gasteiger partial charge is 0.328 e. The quantitative estimate of drug-likeness (QED) is 0.749. The fraction of sp³-hybridized carbons (Fsp3) is 0.0833. The lowest BCUT2D eigenvalue weighted by Crippen LogP contribution is -2.20. The van der Waals surface area contributed by atoms with Gasteiger partial charge in [0, 0.05) is 18.7 Å². The Morgan fingerprint density at radius 1 is 1.29 bits per heavy atom. The van der Waals surface area contributed by atoms with E-state index in [0.29, 0.717) is 5.56 Å². The molecule has 1 rings (SSSR count). The molecule has 1 aromatic rings. The maximum atomic E-state index is 11.1. The maximum absolute atomic E-state index is 11.1. The van der Waals surface area contributed by atoms with Gasteiger partial charge in [-0.3, -0.25) is 4.79 Å². The molecule has 0 atom stereocenters. The fourth-order valence-electron chi connectivity index (χ4n) is 1.09. The van der Waals surface area contributed by atoms with Gasteiger partial charge in [0.2, 0.25) is 5.91 Å². The Morgan fingerprint density at radius 2 is 1.94 bits per heavy atom. The van der Waals surface area contributed by atoms with E-state index in [9.17, 15) is 9.59 Å². The third kappa shape index (κ3) is 4.62. The van der Waals surface area contributed by atoms with Crippen molar-refractivity contribution in [3.05, 3.63) is 47.5 Å². The van der Waals surface area contributed by atoms with Crippen LogP contribution in [0.5, 0.6) is 0 Å². The molecule has 0 aliphatic carbocycles. The third-order valence-corrected chi connectivity index (χ3v) is 1.93. The molecule has 5 nitrogen and oxygen atoms in total. The summed E-state index contributed by atoms with van der Waals surface area (Å²) in [7, 11) is 0. The van der Waals surface area contributed by atoms with E-state index in [0.717, 1.165) is 17.7 Å². The van der Waals surface area contributed by atoms with Crippen molar-refractivity contribution in [1.82, 2.24) is 5.32 Å². The van der Waals surface area contributed by atoms with E-state index in [1.54, 1.807) is 24.3 Å². The monoisotopic (exact) mass is 230 g/mol. The SMILES string of the molecule is N#Cc1ccc(CNC(=O)/C=C/C(=O)O)cc1. The molecule has 0 spiro atoms. The van der Waals surface area contributed by atoms with Crippen molar-refractivity contribution in [2.75, 3.05) is 0 Å². The lowest BCUT2D eigenvalue weighted by Gasteiger charge is -2.02. The molecule has 0 aliphatic rings. The summed E-state index contributed by atoms with van der Waals surface area (Å²) >= 11 is 0. The van der Waals surface area contributed by atoms with Crippen LogP contribution in [0.25, 0.3) is 0 Å². The van der Waals surface area contributed by atoms with Crippen LogP contribution in [-0.4, -0.2) is 17.0 Å². The normalized spacial score (nSPS) is 9.82. The molecule has 86 valence electrons. The minimum absolute atomic E-state index is 0.286. The number of carboxylic acids is 1. The van der Waals surface area contributed by atoms with Gasteiger partial charge in [0.15, 0.2) is 0 Å². The van der Waals surface area contributed by atoms with E-state index in [1.165, 1.54) is 0 Å². The number of aliphatic carboxylic acids is 1. The van der Waals surface area contributed by atoms with E-state index in [2.05, 4.69) is 5.32 Å². The van der Waals surface area contributed by atoms with Crippen molar-refractivity contribution in [3.8, 4) is 6.07 Å². The first-order valence-electron chi connectivity index (χ1n) is 4.79. The molecular weight excluding hydrogens is 220 g/mol. The second-order valence-corrected chi connectivity index (χ2v) is 3.20. The van der Waals surface area contributed by atoms with Gasteiger partial charge >= 0.3 is 5.97 Å². The summed E-state index contributed by atoms with van der Waals surface area (Å²) in [5.41, 5.74) is 1.38. The van der Waals surface area contributed by atoms with Crippen molar-refractivity contribution < 1.29 is 14.7 Å². The number of nitrogens with one attached hydrogen (secondary N) is 1. The lowest BCUT2D eigenvalue weighted by atomic mass is 10.1. The molecule has 2 N–H and O–H groups in total. The van der Waals surface area contributed by atoms with Crippen LogP contribution in [0, 0.1) is 11.3 Å². The summed E-state index contributed by atoms with van der Waals surface area (Å²) in [6, 6.07) is 8.73. The summed E-state index contributed by atoms with van der Waals surface area (Å²) in [4.78, 5) is 21.3. The number of hydrogen-bond acceptors (Lipinski definition) is 3. The zero-order valence-corrected chi connectivity index (χ0v) is 8.88. The van der Waals surface area contributed by atoms with Crippen LogP contribution in [-0.2, 0) is 16.1 Å². The Kier molecular flexibility index (Phi) is 4.45. The van der Waals surface area contributed by atoms with Crippen molar-refractivity contribution in [2.45, 2.75) is 6.54 Å². The summed E-state index contributed by atoms with van der Waals surface area (Å²) in [6.07, 6.45) is 1.72. The number of nitriles is 1. The zero-order chi connectivity index (χ0) is 12.7. The number of rotatable bonds is 4. The number of hydrogen-bond donors (Lipinski definition) is 2. The standard InChI is InChI=1S/C12H10N2O3/c13-7-9-1-3-10(4-2-9)8-14-11(15)5-6-12(16)17/h1-6H,8H2,(H,14,15)(H,16,17)/b6-5+. The third-order valence-electron chi connectivity index (χ3n) is 1.93. The zero-order valence-electron chi connectivity index (χ0n) is 8.88. The average molecular weight is 230 g/mol. The second kappa shape index (κ2) is 6.08. The van der Waals surface area contributed by atoms with Gasteiger partial charge in [0.05, 0.1) is 11.6 Å². The first kappa shape index (κ1) is 12.5. The fourth-order valence-corrected chi connectivity index (χ4v) is 1.09. The van der Waals surface area contributed by atoms with Crippen LogP contribution in [0.15, 0.2) is 36.4 Å². The minimum atomic E-state index is -1.17. The first-order valence-corrected chi connectivity index (χ1v) is 4.79. The van der Waals surface area contributed by atoms with Gasteiger partial charge in [-0.15, -0.1) is 0 Å². The highest BCUT2D eigenvalue weighted by Crippen LogP contribution is 2.02. The van der Waals surface area contributed by atoms with Crippen LogP contribution < -0.4 is 5.32 Å². The van der Waals surface area contributed by atoms with Crippen LogP contribution in [0.1, 0.15) is 11.1 Å². The molecule has 17 heavy (non-hydrogen) atoms. The van der Waals surface area contributed by atoms with Crippen molar-refractivity contribution in [3.63, 3.8) is 0 Å². The first-order chi connectivity index (χ1) is 8.11. The summed E-state index contributed by atoms with van der Waals surface area (Å²) in [5, 5.41) is 19.4. The van der Waals surface area contributed by atoms with Gasteiger partial charge < -0.3 is 10.4 Å². The second-order valence-electron chi connectivity index (χ2n) is 3.20. The summed E-state index contributed by atoms with van der Waals surface area (Å²) in [5.74, 6) is -1.64. The highest BCUT2D eigenvalue weighted by molar-refractivity contribution is 5.93. The number of carbonyl (C=O) groups excluding carboxylic acids is 1.